The number of rotatable bonds is 1. The van der Waals surface area contributed by atoms with E-state index in [9.17, 15) is 4.79 Å². The van der Waals surface area contributed by atoms with Crippen LogP contribution in [0, 0.1) is 0 Å². The largest absolute Gasteiger partial charge is 0.342 e. The van der Waals surface area contributed by atoms with Gasteiger partial charge in [-0.2, -0.15) is 0 Å². The second-order valence-corrected chi connectivity index (χ2v) is 8.04. The van der Waals surface area contributed by atoms with Crippen molar-refractivity contribution < 1.29 is 4.79 Å². The van der Waals surface area contributed by atoms with Crippen LogP contribution in [0.15, 0.2) is 53.6 Å². The Labute approximate surface area is 152 Å². The lowest BCUT2D eigenvalue weighted by atomic mass is 9.71. The van der Waals surface area contributed by atoms with Crippen molar-refractivity contribution in [1.29, 1.82) is 0 Å². The molecule has 0 aromatic heterocycles. The number of likely N-dealkylation sites (tertiary alicyclic amines) is 1. The summed E-state index contributed by atoms with van der Waals surface area (Å²) in [5.41, 5.74) is 11.5. The first kappa shape index (κ1) is 15.4. The number of hydrogen-bond acceptors (Lipinski definition) is 2. The molecule has 128 valence electrons. The summed E-state index contributed by atoms with van der Waals surface area (Å²) in [6.07, 6.45) is 8.73. The molecule has 3 nitrogen and oxygen atoms in total. The van der Waals surface area contributed by atoms with E-state index in [1.165, 1.54) is 16.7 Å². The van der Waals surface area contributed by atoms with Crippen LogP contribution >= 0.6 is 11.6 Å². The van der Waals surface area contributed by atoms with E-state index in [4.69, 9.17) is 17.3 Å². The van der Waals surface area contributed by atoms with Crippen LogP contribution in [-0.2, 0) is 10.2 Å². The molecular weight excluding hydrogens is 332 g/mol. The quantitative estimate of drug-likeness (QED) is 0.789. The molecule has 1 aromatic carbocycles. The van der Waals surface area contributed by atoms with E-state index in [0.717, 1.165) is 43.5 Å². The Morgan fingerprint density at radius 2 is 2.00 bits per heavy atom. The van der Waals surface area contributed by atoms with Crippen molar-refractivity contribution in [3.8, 4) is 0 Å². The third-order valence-electron chi connectivity index (χ3n) is 6.19. The third-order valence-corrected chi connectivity index (χ3v) is 6.47. The Morgan fingerprint density at radius 1 is 1.24 bits per heavy atom. The van der Waals surface area contributed by atoms with Gasteiger partial charge in [-0.3, -0.25) is 4.79 Å². The highest BCUT2D eigenvalue weighted by Gasteiger charge is 2.57. The van der Waals surface area contributed by atoms with Crippen LogP contribution in [0.4, 0.5) is 0 Å². The van der Waals surface area contributed by atoms with Gasteiger partial charge in [0, 0.05) is 19.1 Å². The zero-order valence-corrected chi connectivity index (χ0v) is 14.8. The monoisotopic (exact) mass is 352 g/mol. The Bertz CT molecular complexity index is 860. The van der Waals surface area contributed by atoms with Crippen molar-refractivity contribution in [1.82, 2.24) is 4.90 Å². The van der Waals surface area contributed by atoms with E-state index < -0.39 is 5.41 Å². The molecule has 1 amide bonds. The van der Waals surface area contributed by atoms with Crippen molar-refractivity contribution >= 4 is 23.1 Å². The first-order valence-electron chi connectivity index (χ1n) is 9.04. The Hall–Kier alpha value is -1.84. The second kappa shape index (κ2) is 5.33. The minimum Gasteiger partial charge on any atom is -0.342 e. The van der Waals surface area contributed by atoms with Crippen LogP contribution in [0.2, 0.25) is 0 Å². The lowest BCUT2D eigenvalue weighted by Crippen LogP contribution is -2.51. The Balaban J connectivity index is 1.65. The molecule has 25 heavy (non-hydrogen) atoms. The van der Waals surface area contributed by atoms with Crippen molar-refractivity contribution in [3.05, 3.63) is 64.8 Å². The van der Waals surface area contributed by atoms with Crippen molar-refractivity contribution in [2.24, 2.45) is 5.73 Å². The number of allylic oxidation sites excluding steroid dienone is 5. The topological polar surface area (TPSA) is 46.3 Å². The molecule has 0 radical (unpaired) electrons. The summed E-state index contributed by atoms with van der Waals surface area (Å²) in [4.78, 5) is 15.8. The number of carbonyl (C=O) groups is 1. The van der Waals surface area contributed by atoms with Gasteiger partial charge in [0.15, 0.2) is 0 Å². The van der Waals surface area contributed by atoms with Crippen molar-refractivity contribution in [2.75, 3.05) is 13.1 Å². The molecule has 1 aliphatic heterocycles. The summed E-state index contributed by atoms with van der Waals surface area (Å²) < 4.78 is 0. The van der Waals surface area contributed by atoms with E-state index >= 15 is 0 Å². The molecule has 0 saturated carbocycles. The smallest absolute Gasteiger partial charge is 0.238 e. The molecule has 2 atom stereocenters. The minimum atomic E-state index is -0.583. The molecule has 1 fully saturated rings. The molecule has 4 aliphatic rings. The first-order valence-corrected chi connectivity index (χ1v) is 9.48. The summed E-state index contributed by atoms with van der Waals surface area (Å²) in [6.45, 7) is 1.50. The van der Waals surface area contributed by atoms with E-state index in [1.807, 2.05) is 17.0 Å². The van der Waals surface area contributed by atoms with Crippen LogP contribution in [0.1, 0.15) is 30.4 Å². The highest BCUT2D eigenvalue weighted by molar-refractivity contribution is 6.23. The minimum absolute atomic E-state index is 0.148. The number of benzene rings is 1. The number of carbonyl (C=O) groups excluding carboxylic acids is 1. The highest BCUT2D eigenvalue weighted by Crippen LogP contribution is 2.61. The zero-order valence-electron chi connectivity index (χ0n) is 14.0. The van der Waals surface area contributed by atoms with Crippen LogP contribution in [0.3, 0.4) is 0 Å². The lowest BCUT2D eigenvalue weighted by Gasteiger charge is -2.39. The molecule has 1 saturated heterocycles. The predicted molar refractivity (Wildman–Crippen MR) is 100 cm³/mol. The van der Waals surface area contributed by atoms with Gasteiger partial charge in [-0.1, -0.05) is 42.5 Å². The van der Waals surface area contributed by atoms with E-state index in [1.54, 1.807) is 0 Å². The normalized spacial score (nSPS) is 30.4. The number of nitrogens with two attached hydrogens (primary N) is 1. The van der Waals surface area contributed by atoms with Crippen LogP contribution in [0.25, 0.3) is 5.57 Å². The molecule has 3 aliphatic carbocycles. The third kappa shape index (κ3) is 2.00. The molecule has 0 spiro atoms. The number of hydrogen-bond donors (Lipinski definition) is 1. The second-order valence-electron chi connectivity index (χ2n) is 7.53. The Morgan fingerprint density at radius 3 is 2.80 bits per heavy atom. The maximum absolute atomic E-state index is 13.8. The van der Waals surface area contributed by atoms with Crippen LogP contribution in [0.5, 0.6) is 0 Å². The maximum Gasteiger partial charge on any atom is 0.238 e. The molecule has 2 N–H and O–H groups in total. The average Bonchev–Trinajstić information content (AvgIpc) is 3.15. The van der Waals surface area contributed by atoms with Gasteiger partial charge in [0.25, 0.3) is 0 Å². The van der Waals surface area contributed by atoms with Gasteiger partial charge < -0.3 is 10.6 Å². The first-order chi connectivity index (χ1) is 12.1. The molecule has 4 heteroatoms. The molecule has 1 aromatic rings. The fourth-order valence-corrected chi connectivity index (χ4v) is 5.15. The summed E-state index contributed by atoms with van der Waals surface area (Å²) in [5, 5.41) is -0.148. The molecule has 1 heterocycles. The number of amides is 1. The zero-order chi connectivity index (χ0) is 17.2. The van der Waals surface area contributed by atoms with E-state index in [-0.39, 0.29) is 17.3 Å². The lowest BCUT2D eigenvalue weighted by molar-refractivity contribution is -0.136. The van der Waals surface area contributed by atoms with Crippen molar-refractivity contribution in [2.45, 2.75) is 36.1 Å². The fourth-order valence-electron chi connectivity index (χ4n) is 4.95. The molecular formula is C21H21ClN2O. The molecule has 1 unspecified atom stereocenters. The standard InChI is InChI=1S/C21H21ClN2O/c22-13-5-6-16-17-12-21(19(16)11-13,18-4-2-1-3-15(17)18)20(25)24-9-7-14(23)8-10-24/h1-6,11,13-14H,7-10,12,23H2/t13?,21-/m1/s1. The van der Waals surface area contributed by atoms with E-state index in [2.05, 4.69) is 30.4 Å². The number of alkyl halides is 1. The number of fused-ring (bicyclic) bond motifs is 7. The number of halogens is 1. The van der Waals surface area contributed by atoms with Crippen LogP contribution in [-0.4, -0.2) is 35.3 Å². The van der Waals surface area contributed by atoms with Crippen LogP contribution < -0.4 is 5.73 Å². The van der Waals surface area contributed by atoms with Gasteiger partial charge >= 0.3 is 0 Å². The van der Waals surface area contributed by atoms with Gasteiger partial charge in [-0.25, -0.2) is 0 Å². The summed E-state index contributed by atoms with van der Waals surface area (Å²) in [7, 11) is 0. The number of piperidine rings is 1. The summed E-state index contributed by atoms with van der Waals surface area (Å²) >= 11 is 6.39. The van der Waals surface area contributed by atoms with Gasteiger partial charge in [0.1, 0.15) is 5.41 Å². The van der Waals surface area contributed by atoms with Gasteiger partial charge in [0.2, 0.25) is 5.91 Å². The average molecular weight is 353 g/mol. The van der Waals surface area contributed by atoms with Gasteiger partial charge in [-0.15, -0.1) is 11.6 Å². The van der Waals surface area contributed by atoms with Gasteiger partial charge in [-0.05, 0) is 47.1 Å². The SMILES string of the molecule is NC1CCN(C(=O)[C@@]23CC(=C4C=CC(Cl)C=C42)c2ccccc23)CC1. The molecule has 5 rings (SSSR count). The highest BCUT2D eigenvalue weighted by atomic mass is 35.5. The summed E-state index contributed by atoms with van der Waals surface area (Å²) in [6, 6.07) is 8.59. The van der Waals surface area contributed by atoms with Gasteiger partial charge in [0.05, 0.1) is 5.38 Å². The summed E-state index contributed by atoms with van der Waals surface area (Å²) in [5.74, 6) is 0.224. The van der Waals surface area contributed by atoms with Crippen molar-refractivity contribution in [3.63, 3.8) is 0 Å². The Kier molecular flexibility index (Phi) is 3.28. The maximum atomic E-state index is 13.8. The van der Waals surface area contributed by atoms with E-state index in [0.29, 0.717) is 0 Å². The molecule has 2 bridgehead atoms. The fraction of sp³-hybridized carbons (Fsp3) is 0.381. The number of nitrogens with zero attached hydrogens (tertiary/aromatic N) is 1. The predicted octanol–water partition coefficient (Wildman–Crippen LogP) is 3.15.